The fourth-order valence-electron chi connectivity index (χ4n) is 3.48. The average Bonchev–Trinajstić information content (AvgIpc) is 3.11. The minimum absolute atomic E-state index is 0.215. The zero-order valence-corrected chi connectivity index (χ0v) is 12.2. The average molecular weight is 283 g/mol. The molecule has 0 aromatic carbocycles. The number of hydrogen-bond donors (Lipinski definition) is 2. The van der Waals surface area contributed by atoms with Gasteiger partial charge in [0.2, 0.25) is 0 Å². The predicted molar refractivity (Wildman–Crippen MR) is 83.6 cm³/mol. The van der Waals surface area contributed by atoms with Crippen LogP contribution in [0.4, 0.5) is 5.69 Å². The highest BCUT2D eigenvalue weighted by molar-refractivity contribution is 6.08. The second-order valence-corrected chi connectivity index (χ2v) is 6.44. The summed E-state index contributed by atoms with van der Waals surface area (Å²) in [6, 6.07) is 2.66. The lowest BCUT2D eigenvalue weighted by atomic mass is 9.93. The molecule has 2 aliphatic carbocycles. The number of hydrogen-bond acceptors (Lipinski definition) is 3. The first-order valence-electron chi connectivity index (χ1n) is 8.09. The van der Waals surface area contributed by atoms with Gasteiger partial charge in [0.1, 0.15) is 5.65 Å². The third-order valence-electron chi connectivity index (χ3n) is 5.00. The van der Waals surface area contributed by atoms with E-state index in [2.05, 4.69) is 21.4 Å². The Morgan fingerprint density at radius 2 is 2.00 bits per heavy atom. The topological polar surface area (TPSA) is 57.8 Å². The van der Waals surface area contributed by atoms with Crippen LogP contribution < -0.4 is 5.32 Å². The highest BCUT2D eigenvalue weighted by atomic mass is 16.1. The Balaban J connectivity index is 1.64. The summed E-state index contributed by atoms with van der Waals surface area (Å²) < 4.78 is 0. The number of Topliss-reactive ketones (excluding diaryl/α,β-unsaturated/α-hetero) is 1. The van der Waals surface area contributed by atoms with Crippen LogP contribution in [0.25, 0.3) is 11.0 Å². The molecule has 0 bridgehead atoms. The van der Waals surface area contributed by atoms with Crippen molar-refractivity contribution in [3.8, 4) is 0 Å². The number of pyridine rings is 1. The zero-order chi connectivity index (χ0) is 14.2. The Kier molecular flexibility index (Phi) is 3.17. The van der Waals surface area contributed by atoms with E-state index in [0.717, 1.165) is 35.1 Å². The third kappa shape index (κ3) is 2.33. The first-order chi connectivity index (χ1) is 10.3. The van der Waals surface area contributed by atoms with Gasteiger partial charge in [-0.1, -0.05) is 12.8 Å². The molecule has 2 heterocycles. The van der Waals surface area contributed by atoms with Crippen LogP contribution >= 0.6 is 0 Å². The van der Waals surface area contributed by atoms with Crippen molar-refractivity contribution >= 4 is 22.5 Å². The normalized spacial score (nSPS) is 19.8. The van der Waals surface area contributed by atoms with Crippen LogP contribution in [0, 0.1) is 5.92 Å². The molecule has 0 atom stereocenters. The summed E-state index contributed by atoms with van der Waals surface area (Å²) in [5, 5.41) is 4.48. The molecule has 2 saturated carbocycles. The fourth-order valence-corrected chi connectivity index (χ4v) is 3.48. The molecular formula is C17H21N3O. The third-order valence-corrected chi connectivity index (χ3v) is 5.00. The van der Waals surface area contributed by atoms with Crippen LogP contribution in [-0.2, 0) is 0 Å². The van der Waals surface area contributed by atoms with Crippen molar-refractivity contribution in [1.82, 2.24) is 9.97 Å². The number of H-pyrrole nitrogens is 1. The lowest BCUT2D eigenvalue weighted by Gasteiger charge is -2.27. The minimum atomic E-state index is 0.215. The number of ketones is 1. The highest BCUT2D eigenvalue weighted by Gasteiger charge is 2.26. The lowest BCUT2D eigenvalue weighted by Crippen LogP contribution is -2.26. The number of carbonyl (C=O) groups is 1. The molecule has 4 nitrogen and oxygen atoms in total. The smallest absolute Gasteiger partial charge is 0.168 e. The Hall–Kier alpha value is -1.84. The monoisotopic (exact) mass is 283 g/mol. The van der Waals surface area contributed by atoms with Crippen molar-refractivity contribution < 1.29 is 4.79 Å². The van der Waals surface area contributed by atoms with Gasteiger partial charge >= 0.3 is 0 Å². The number of aromatic nitrogens is 2. The molecule has 4 rings (SSSR count). The molecule has 0 aliphatic heterocycles. The Morgan fingerprint density at radius 3 is 2.71 bits per heavy atom. The van der Waals surface area contributed by atoms with E-state index in [-0.39, 0.29) is 5.92 Å². The molecule has 4 heteroatoms. The van der Waals surface area contributed by atoms with E-state index in [9.17, 15) is 4.79 Å². The maximum absolute atomic E-state index is 12.7. The lowest BCUT2D eigenvalue weighted by molar-refractivity contribution is 0.0924. The van der Waals surface area contributed by atoms with Gasteiger partial charge in [0, 0.05) is 29.1 Å². The Morgan fingerprint density at radius 1 is 1.19 bits per heavy atom. The molecule has 0 radical (unpaired) electrons. The molecule has 0 amide bonds. The summed E-state index contributed by atoms with van der Waals surface area (Å²) in [5.74, 6) is 0.508. The standard InChI is InChI=1S/C17H21N3O/c21-16(11-4-1-2-5-11)15-10-19-17-14(15)8-13(9-18-17)20-12-6-3-7-12/h8-12,20H,1-7H2,(H,18,19). The van der Waals surface area contributed by atoms with Crippen LogP contribution in [0.15, 0.2) is 18.5 Å². The van der Waals surface area contributed by atoms with E-state index in [0.29, 0.717) is 11.8 Å². The van der Waals surface area contributed by atoms with Crippen molar-refractivity contribution in [1.29, 1.82) is 0 Å². The quantitative estimate of drug-likeness (QED) is 0.837. The maximum atomic E-state index is 12.7. The van der Waals surface area contributed by atoms with Gasteiger partial charge in [-0.2, -0.15) is 0 Å². The Labute approximate surface area is 124 Å². The predicted octanol–water partition coefficient (Wildman–Crippen LogP) is 3.90. The van der Waals surface area contributed by atoms with E-state index in [1.807, 2.05) is 12.4 Å². The van der Waals surface area contributed by atoms with E-state index >= 15 is 0 Å². The van der Waals surface area contributed by atoms with Gasteiger partial charge in [-0.05, 0) is 38.2 Å². The van der Waals surface area contributed by atoms with Gasteiger partial charge in [-0.25, -0.2) is 4.98 Å². The maximum Gasteiger partial charge on any atom is 0.168 e. The Bertz CT molecular complexity index is 666. The summed E-state index contributed by atoms with van der Waals surface area (Å²) in [6.07, 6.45) is 11.9. The van der Waals surface area contributed by atoms with Gasteiger partial charge in [0.05, 0.1) is 11.9 Å². The van der Waals surface area contributed by atoms with Crippen LogP contribution in [0.1, 0.15) is 55.3 Å². The number of rotatable bonds is 4. The highest BCUT2D eigenvalue weighted by Crippen LogP contribution is 2.31. The van der Waals surface area contributed by atoms with Gasteiger partial charge in [-0.3, -0.25) is 4.79 Å². The second kappa shape index (κ2) is 5.17. The first kappa shape index (κ1) is 12.9. The van der Waals surface area contributed by atoms with Crippen molar-refractivity contribution in [2.75, 3.05) is 5.32 Å². The van der Waals surface area contributed by atoms with Gasteiger partial charge < -0.3 is 10.3 Å². The van der Waals surface area contributed by atoms with Gasteiger partial charge in [0.15, 0.2) is 5.78 Å². The molecule has 2 fully saturated rings. The molecule has 0 unspecified atom stereocenters. The van der Waals surface area contributed by atoms with Gasteiger partial charge in [-0.15, -0.1) is 0 Å². The second-order valence-electron chi connectivity index (χ2n) is 6.44. The van der Waals surface area contributed by atoms with Crippen molar-refractivity contribution in [2.45, 2.75) is 51.0 Å². The summed E-state index contributed by atoms with van der Waals surface area (Å²) in [7, 11) is 0. The molecule has 21 heavy (non-hydrogen) atoms. The number of carbonyl (C=O) groups excluding carboxylic acids is 1. The minimum Gasteiger partial charge on any atom is -0.381 e. The van der Waals surface area contributed by atoms with E-state index < -0.39 is 0 Å². The molecule has 2 N–H and O–H groups in total. The molecule has 0 spiro atoms. The molecule has 2 aromatic rings. The first-order valence-corrected chi connectivity index (χ1v) is 8.09. The number of anilines is 1. The number of aromatic amines is 1. The molecule has 0 saturated heterocycles. The molecule has 110 valence electrons. The van der Waals surface area contributed by atoms with Crippen molar-refractivity contribution in [3.63, 3.8) is 0 Å². The molecule has 2 aromatic heterocycles. The van der Waals surface area contributed by atoms with E-state index in [1.165, 1.54) is 32.1 Å². The summed E-state index contributed by atoms with van der Waals surface area (Å²) in [4.78, 5) is 20.2. The zero-order valence-electron chi connectivity index (χ0n) is 12.2. The largest absolute Gasteiger partial charge is 0.381 e. The van der Waals surface area contributed by atoms with Crippen LogP contribution in [0.2, 0.25) is 0 Å². The fraction of sp³-hybridized carbons (Fsp3) is 0.529. The van der Waals surface area contributed by atoms with Crippen molar-refractivity contribution in [3.05, 3.63) is 24.0 Å². The van der Waals surface area contributed by atoms with Gasteiger partial charge in [0.25, 0.3) is 0 Å². The van der Waals surface area contributed by atoms with Crippen LogP contribution in [0.5, 0.6) is 0 Å². The number of nitrogens with zero attached hydrogens (tertiary/aromatic N) is 1. The SMILES string of the molecule is O=C(c1c[nH]c2ncc(NC3CCC3)cc12)C1CCCC1. The summed E-state index contributed by atoms with van der Waals surface area (Å²) in [6.45, 7) is 0. The van der Waals surface area contributed by atoms with E-state index in [4.69, 9.17) is 0 Å². The molecule has 2 aliphatic rings. The molecular weight excluding hydrogens is 262 g/mol. The summed E-state index contributed by atoms with van der Waals surface area (Å²) >= 11 is 0. The number of fused-ring (bicyclic) bond motifs is 1. The van der Waals surface area contributed by atoms with E-state index in [1.54, 1.807) is 0 Å². The van der Waals surface area contributed by atoms with Crippen molar-refractivity contribution in [2.24, 2.45) is 5.92 Å². The van der Waals surface area contributed by atoms with Crippen LogP contribution in [0.3, 0.4) is 0 Å². The summed E-state index contributed by atoms with van der Waals surface area (Å²) in [5.41, 5.74) is 2.67. The number of nitrogens with one attached hydrogen (secondary N) is 2. The van der Waals surface area contributed by atoms with Crippen LogP contribution in [-0.4, -0.2) is 21.8 Å².